The summed E-state index contributed by atoms with van der Waals surface area (Å²) in [6, 6.07) is 5.22. The van der Waals surface area contributed by atoms with E-state index in [2.05, 4.69) is 26.0 Å². The highest BCUT2D eigenvalue weighted by atomic mass is 79.9. The van der Waals surface area contributed by atoms with Gasteiger partial charge in [0, 0.05) is 22.8 Å². The SMILES string of the molecule is Cn1ncnc1CC(=O)c1cc(Br)ccc1N. The van der Waals surface area contributed by atoms with Gasteiger partial charge in [0.2, 0.25) is 0 Å². The second-order valence-electron chi connectivity index (χ2n) is 3.63. The minimum atomic E-state index is -0.0695. The topological polar surface area (TPSA) is 73.8 Å². The second-order valence-corrected chi connectivity index (χ2v) is 4.55. The zero-order valence-electron chi connectivity index (χ0n) is 9.22. The summed E-state index contributed by atoms with van der Waals surface area (Å²) in [5, 5.41) is 3.92. The number of ketones is 1. The molecule has 88 valence electrons. The number of nitrogen functional groups attached to an aromatic ring is 1. The van der Waals surface area contributed by atoms with E-state index in [0.29, 0.717) is 17.1 Å². The lowest BCUT2D eigenvalue weighted by atomic mass is 10.1. The highest BCUT2D eigenvalue weighted by Crippen LogP contribution is 2.19. The summed E-state index contributed by atoms with van der Waals surface area (Å²) < 4.78 is 2.40. The van der Waals surface area contributed by atoms with Gasteiger partial charge in [0.15, 0.2) is 5.78 Å². The van der Waals surface area contributed by atoms with Gasteiger partial charge in [-0.15, -0.1) is 0 Å². The van der Waals surface area contributed by atoms with E-state index in [1.165, 1.54) is 6.33 Å². The van der Waals surface area contributed by atoms with Gasteiger partial charge < -0.3 is 5.73 Å². The Balaban J connectivity index is 2.26. The third kappa shape index (κ3) is 2.52. The predicted molar refractivity (Wildman–Crippen MR) is 67.6 cm³/mol. The summed E-state index contributed by atoms with van der Waals surface area (Å²) in [5.41, 5.74) is 6.75. The molecule has 0 aliphatic rings. The van der Waals surface area contributed by atoms with E-state index in [4.69, 9.17) is 5.73 Å². The second kappa shape index (κ2) is 4.67. The smallest absolute Gasteiger partial charge is 0.172 e. The van der Waals surface area contributed by atoms with Crippen molar-refractivity contribution in [3.05, 3.63) is 40.4 Å². The van der Waals surface area contributed by atoms with Crippen LogP contribution in [0.2, 0.25) is 0 Å². The summed E-state index contributed by atoms with van der Waals surface area (Å²) in [6.07, 6.45) is 1.62. The number of benzene rings is 1. The first kappa shape index (κ1) is 11.8. The molecule has 2 rings (SSSR count). The van der Waals surface area contributed by atoms with Gasteiger partial charge in [-0.1, -0.05) is 15.9 Å². The van der Waals surface area contributed by atoms with Crippen LogP contribution in [0.15, 0.2) is 29.0 Å². The van der Waals surface area contributed by atoms with Gasteiger partial charge in [0.25, 0.3) is 0 Å². The lowest BCUT2D eigenvalue weighted by Crippen LogP contribution is -2.11. The summed E-state index contributed by atoms with van der Waals surface area (Å²) >= 11 is 3.32. The molecule has 0 fully saturated rings. The Morgan fingerprint density at radius 2 is 2.29 bits per heavy atom. The van der Waals surface area contributed by atoms with E-state index >= 15 is 0 Å². The van der Waals surface area contributed by atoms with Crippen LogP contribution in [0, 0.1) is 0 Å². The Hall–Kier alpha value is -1.69. The van der Waals surface area contributed by atoms with Gasteiger partial charge in [-0.2, -0.15) is 5.10 Å². The third-order valence-electron chi connectivity index (χ3n) is 2.44. The quantitative estimate of drug-likeness (QED) is 0.689. The predicted octanol–water partition coefficient (Wildman–Crippen LogP) is 1.59. The standard InChI is InChI=1S/C11H11BrN4O/c1-16-11(14-6-15-16)5-10(17)8-4-7(12)2-3-9(8)13/h2-4,6H,5,13H2,1H3. The van der Waals surface area contributed by atoms with Gasteiger partial charge in [-0.05, 0) is 18.2 Å². The number of aryl methyl sites for hydroxylation is 1. The highest BCUT2D eigenvalue weighted by molar-refractivity contribution is 9.10. The average Bonchev–Trinajstić information content (AvgIpc) is 2.68. The first-order valence-corrected chi connectivity index (χ1v) is 5.78. The number of Topliss-reactive ketones (excluding diaryl/α,β-unsaturated/α-hetero) is 1. The van der Waals surface area contributed by atoms with Crippen molar-refractivity contribution >= 4 is 27.4 Å². The minimum Gasteiger partial charge on any atom is -0.398 e. The molecule has 1 heterocycles. The largest absolute Gasteiger partial charge is 0.398 e. The first-order chi connectivity index (χ1) is 8.08. The molecule has 6 heteroatoms. The van der Waals surface area contributed by atoms with Crippen molar-refractivity contribution in [2.24, 2.45) is 7.05 Å². The molecule has 0 aliphatic carbocycles. The molecule has 0 saturated carbocycles. The van der Waals surface area contributed by atoms with E-state index in [1.807, 2.05) is 0 Å². The Kier molecular flexibility index (Phi) is 3.23. The lowest BCUT2D eigenvalue weighted by molar-refractivity contribution is 0.0990. The van der Waals surface area contributed by atoms with Crippen LogP contribution < -0.4 is 5.73 Å². The molecule has 2 aromatic rings. The maximum atomic E-state index is 12.1. The summed E-state index contributed by atoms with van der Waals surface area (Å²) in [4.78, 5) is 16.1. The van der Waals surface area contributed by atoms with Gasteiger partial charge in [0.05, 0.1) is 6.42 Å². The third-order valence-corrected chi connectivity index (χ3v) is 2.93. The fourth-order valence-corrected chi connectivity index (χ4v) is 1.85. The molecule has 0 unspecified atom stereocenters. The molecule has 0 radical (unpaired) electrons. The number of carbonyl (C=O) groups excluding carboxylic acids is 1. The van der Waals surface area contributed by atoms with E-state index in [1.54, 1.807) is 29.9 Å². The minimum absolute atomic E-state index is 0.0695. The Labute approximate surface area is 107 Å². The summed E-state index contributed by atoms with van der Waals surface area (Å²) in [7, 11) is 1.75. The van der Waals surface area contributed by atoms with Crippen molar-refractivity contribution in [3.8, 4) is 0 Å². The first-order valence-electron chi connectivity index (χ1n) is 4.99. The maximum absolute atomic E-state index is 12.1. The number of halogens is 1. The van der Waals surface area contributed by atoms with Crippen molar-refractivity contribution in [1.82, 2.24) is 14.8 Å². The number of carbonyl (C=O) groups is 1. The number of nitrogens with two attached hydrogens (primary N) is 1. The molecule has 0 aliphatic heterocycles. The van der Waals surface area contributed by atoms with E-state index in [9.17, 15) is 4.79 Å². The fourth-order valence-electron chi connectivity index (χ4n) is 1.49. The van der Waals surface area contributed by atoms with Crippen LogP contribution in [0.5, 0.6) is 0 Å². The monoisotopic (exact) mass is 294 g/mol. The van der Waals surface area contributed by atoms with Crippen LogP contribution in [0.25, 0.3) is 0 Å². The van der Waals surface area contributed by atoms with Crippen molar-refractivity contribution in [2.75, 3.05) is 5.73 Å². The molecule has 17 heavy (non-hydrogen) atoms. The highest BCUT2D eigenvalue weighted by Gasteiger charge is 2.13. The summed E-state index contributed by atoms with van der Waals surface area (Å²) in [6.45, 7) is 0. The number of hydrogen-bond acceptors (Lipinski definition) is 4. The zero-order chi connectivity index (χ0) is 12.4. The molecule has 0 amide bonds. The van der Waals surface area contributed by atoms with Crippen LogP contribution in [-0.4, -0.2) is 20.5 Å². The number of nitrogens with zero attached hydrogens (tertiary/aromatic N) is 3. The van der Waals surface area contributed by atoms with Gasteiger partial charge in [0.1, 0.15) is 12.2 Å². The molecule has 0 bridgehead atoms. The van der Waals surface area contributed by atoms with Crippen molar-refractivity contribution in [2.45, 2.75) is 6.42 Å². The van der Waals surface area contributed by atoms with Crippen LogP contribution in [-0.2, 0) is 13.5 Å². The van der Waals surface area contributed by atoms with Crippen LogP contribution in [0.3, 0.4) is 0 Å². The number of hydrogen-bond donors (Lipinski definition) is 1. The number of rotatable bonds is 3. The lowest BCUT2D eigenvalue weighted by Gasteiger charge is -2.05. The van der Waals surface area contributed by atoms with Crippen LogP contribution >= 0.6 is 15.9 Å². The molecular formula is C11H11BrN4O. The molecule has 0 spiro atoms. The van der Waals surface area contributed by atoms with Crippen LogP contribution in [0.1, 0.15) is 16.2 Å². The van der Waals surface area contributed by atoms with Gasteiger partial charge in [-0.25, -0.2) is 4.98 Å². The number of anilines is 1. The molecular weight excluding hydrogens is 284 g/mol. The molecule has 1 aromatic carbocycles. The van der Waals surface area contributed by atoms with E-state index in [-0.39, 0.29) is 12.2 Å². The average molecular weight is 295 g/mol. The molecule has 5 nitrogen and oxygen atoms in total. The zero-order valence-corrected chi connectivity index (χ0v) is 10.8. The maximum Gasteiger partial charge on any atom is 0.172 e. The van der Waals surface area contributed by atoms with E-state index in [0.717, 1.165) is 4.47 Å². The van der Waals surface area contributed by atoms with Crippen molar-refractivity contribution in [1.29, 1.82) is 0 Å². The van der Waals surface area contributed by atoms with Gasteiger partial charge in [-0.3, -0.25) is 9.48 Å². The van der Waals surface area contributed by atoms with Gasteiger partial charge >= 0.3 is 0 Å². The van der Waals surface area contributed by atoms with Crippen molar-refractivity contribution < 1.29 is 4.79 Å². The Morgan fingerprint density at radius 1 is 1.53 bits per heavy atom. The van der Waals surface area contributed by atoms with E-state index < -0.39 is 0 Å². The Bertz CT molecular complexity index is 564. The summed E-state index contributed by atoms with van der Waals surface area (Å²) in [5.74, 6) is 0.550. The fraction of sp³-hybridized carbons (Fsp3) is 0.182. The molecule has 0 atom stereocenters. The Morgan fingerprint density at radius 3 is 2.94 bits per heavy atom. The molecule has 1 aromatic heterocycles. The normalized spacial score (nSPS) is 10.5. The molecule has 0 saturated heterocycles. The molecule has 2 N–H and O–H groups in total. The number of aromatic nitrogens is 3. The van der Waals surface area contributed by atoms with Crippen LogP contribution in [0.4, 0.5) is 5.69 Å². The van der Waals surface area contributed by atoms with Crippen molar-refractivity contribution in [3.63, 3.8) is 0 Å².